The molecule has 10 heteroatoms. The van der Waals surface area contributed by atoms with Gasteiger partial charge in [0, 0.05) is 33.1 Å². The summed E-state index contributed by atoms with van der Waals surface area (Å²) in [6.07, 6.45) is 1.35. The van der Waals surface area contributed by atoms with Gasteiger partial charge in [0.2, 0.25) is 5.91 Å². The minimum Gasteiger partial charge on any atom is -0.476 e. The summed E-state index contributed by atoms with van der Waals surface area (Å²) in [5, 5.41) is 21.2. The van der Waals surface area contributed by atoms with Gasteiger partial charge >= 0.3 is 12.0 Å². The van der Waals surface area contributed by atoms with E-state index in [1.54, 1.807) is 4.90 Å². The van der Waals surface area contributed by atoms with Crippen LogP contribution in [0.15, 0.2) is 6.20 Å². The van der Waals surface area contributed by atoms with Gasteiger partial charge in [-0.2, -0.15) is 0 Å². The van der Waals surface area contributed by atoms with Crippen LogP contribution in [0.3, 0.4) is 0 Å². The molecule has 0 aromatic carbocycles. The third-order valence-corrected chi connectivity index (χ3v) is 3.03. The molecule has 0 saturated carbocycles. The molecule has 1 fully saturated rings. The van der Waals surface area contributed by atoms with E-state index in [-0.39, 0.29) is 23.7 Å². The van der Waals surface area contributed by atoms with Crippen LogP contribution < -0.4 is 10.6 Å². The first-order valence-corrected chi connectivity index (χ1v) is 6.39. The Morgan fingerprint density at radius 1 is 1.33 bits per heavy atom. The van der Waals surface area contributed by atoms with E-state index in [4.69, 9.17) is 5.11 Å². The Hall–Kier alpha value is -2.65. The first-order chi connectivity index (χ1) is 9.97. The van der Waals surface area contributed by atoms with Crippen LogP contribution in [0.1, 0.15) is 23.5 Å². The zero-order valence-corrected chi connectivity index (χ0v) is 11.4. The highest BCUT2D eigenvalue weighted by Gasteiger charge is 2.32. The van der Waals surface area contributed by atoms with Crippen molar-refractivity contribution in [2.24, 2.45) is 0 Å². The molecule has 1 saturated heterocycles. The molecule has 0 radical (unpaired) electrons. The first kappa shape index (κ1) is 14.8. The van der Waals surface area contributed by atoms with E-state index < -0.39 is 5.97 Å². The standard InChI is InChI=1S/C11H16N6O4/c1-7(18)12-2-3-13-11(21)16-4-8(5-16)17-6-9(10(19)20)14-15-17/h6,8H,2-5H2,1H3,(H,12,18)(H,13,21)(H,19,20). The molecule has 0 unspecified atom stereocenters. The second kappa shape index (κ2) is 6.20. The number of carboxylic acid groups (broad SMARTS) is 1. The van der Waals surface area contributed by atoms with Crippen LogP contribution in [0.2, 0.25) is 0 Å². The minimum absolute atomic E-state index is 0.0632. The number of likely N-dealkylation sites (tertiary alicyclic amines) is 1. The van der Waals surface area contributed by atoms with Crippen LogP contribution in [-0.4, -0.2) is 69.1 Å². The highest BCUT2D eigenvalue weighted by Crippen LogP contribution is 2.19. The van der Waals surface area contributed by atoms with Crippen molar-refractivity contribution in [3.8, 4) is 0 Å². The molecule has 1 aliphatic heterocycles. The lowest BCUT2D eigenvalue weighted by Gasteiger charge is -2.38. The topological polar surface area (TPSA) is 129 Å². The van der Waals surface area contributed by atoms with Gasteiger partial charge in [-0.15, -0.1) is 5.10 Å². The molecule has 0 atom stereocenters. The van der Waals surface area contributed by atoms with E-state index in [2.05, 4.69) is 20.9 Å². The average Bonchev–Trinajstić information content (AvgIpc) is 2.82. The van der Waals surface area contributed by atoms with Crippen molar-refractivity contribution in [2.75, 3.05) is 26.2 Å². The van der Waals surface area contributed by atoms with Gasteiger partial charge in [0.05, 0.1) is 12.2 Å². The Balaban J connectivity index is 1.71. The smallest absolute Gasteiger partial charge is 0.358 e. The summed E-state index contributed by atoms with van der Waals surface area (Å²) in [5.74, 6) is -1.28. The molecule has 114 valence electrons. The van der Waals surface area contributed by atoms with Crippen LogP contribution in [0.4, 0.5) is 4.79 Å². The van der Waals surface area contributed by atoms with Crippen LogP contribution in [0, 0.1) is 0 Å². The number of nitrogens with zero attached hydrogens (tertiary/aromatic N) is 4. The molecule has 3 N–H and O–H groups in total. The van der Waals surface area contributed by atoms with Crippen LogP contribution >= 0.6 is 0 Å². The molecular formula is C11H16N6O4. The number of aromatic carboxylic acids is 1. The quantitative estimate of drug-likeness (QED) is 0.578. The summed E-state index contributed by atoms with van der Waals surface area (Å²) >= 11 is 0. The lowest BCUT2D eigenvalue weighted by molar-refractivity contribution is -0.118. The van der Waals surface area contributed by atoms with Crippen molar-refractivity contribution >= 4 is 17.9 Å². The fraction of sp³-hybridized carbons (Fsp3) is 0.545. The molecule has 1 aliphatic rings. The molecule has 1 aromatic rings. The maximum absolute atomic E-state index is 11.7. The molecule has 0 aliphatic carbocycles. The van der Waals surface area contributed by atoms with Gasteiger partial charge < -0.3 is 20.6 Å². The molecule has 2 rings (SSSR count). The summed E-state index contributed by atoms with van der Waals surface area (Å²) in [6, 6.07) is -0.290. The van der Waals surface area contributed by atoms with E-state index in [0.29, 0.717) is 26.2 Å². The van der Waals surface area contributed by atoms with Crippen molar-refractivity contribution in [3.63, 3.8) is 0 Å². The predicted octanol–water partition coefficient (Wildman–Crippen LogP) is -1.32. The fourth-order valence-electron chi connectivity index (χ4n) is 1.86. The highest BCUT2D eigenvalue weighted by atomic mass is 16.4. The highest BCUT2D eigenvalue weighted by molar-refractivity contribution is 5.84. The number of hydrogen-bond donors (Lipinski definition) is 3. The van der Waals surface area contributed by atoms with E-state index in [0.717, 1.165) is 0 Å². The number of urea groups is 1. The predicted molar refractivity (Wildman–Crippen MR) is 69.7 cm³/mol. The number of amides is 3. The normalized spacial score (nSPS) is 14.4. The van der Waals surface area contributed by atoms with Gasteiger partial charge in [-0.25, -0.2) is 14.3 Å². The van der Waals surface area contributed by atoms with Crippen molar-refractivity contribution in [1.29, 1.82) is 0 Å². The summed E-state index contributed by atoms with van der Waals surface area (Å²) in [6.45, 7) is 3.02. The molecule has 10 nitrogen and oxygen atoms in total. The molecule has 1 aromatic heterocycles. The van der Waals surface area contributed by atoms with Crippen LogP contribution in [-0.2, 0) is 4.79 Å². The number of carbonyl (C=O) groups is 3. The molecule has 3 amide bonds. The SMILES string of the molecule is CC(=O)NCCNC(=O)N1CC(n2cc(C(=O)O)nn2)C1. The Morgan fingerprint density at radius 2 is 2.00 bits per heavy atom. The van der Waals surface area contributed by atoms with Crippen molar-refractivity contribution in [2.45, 2.75) is 13.0 Å². The van der Waals surface area contributed by atoms with Crippen molar-refractivity contribution < 1.29 is 19.5 Å². The summed E-state index contributed by atoms with van der Waals surface area (Å²) in [7, 11) is 0. The second-order valence-corrected chi connectivity index (χ2v) is 4.66. The number of nitrogens with one attached hydrogen (secondary N) is 2. The van der Waals surface area contributed by atoms with Gasteiger partial charge in [-0.1, -0.05) is 5.21 Å². The third kappa shape index (κ3) is 3.68. The molecule has 0 bridgehead atoms. The average molecular weight is 296 g/mol. The second-order valence-electron chi connectivity index (χ2n) is 4.66. The van der Waals surface area contributed by atoms with Gasteiger partial charge in [-0.3, -0.25) is 4.79 Å². The maximum Gasteiger partial charge on any atom is 0.358 e. The van der Waals surface area contributed by atoms with Gasteiger partial charge in [0.15, 0.2) is 5.69 Å². The Morgan fingerprint density at radius 3 is 2.57 bits per heavy atom. The maximum atomic E-state index is 11.7. The Labute approximate surface area is 120 Å². The third-order valence-electron chi connectivity index (χ3n) is 3.03. The summed E-state index contributed by atoms with van der Waals surface area (Å²) in [5.41, 5.74) is -0.117. The van der Waals surface area contributed by atoms with Crippen LogP contribution in [0.25, 0.3) is 0 Å². The first-order valence-electron chi connectivity index (χ1n) is 6.39. The number of carbonyl (C=O) groups excluding carboxylic acids is 2. The van der Waals surface area contributed by atoms with Crippen molar-refractivity contribution in [3.05, 3.63) is 11.9 Å². The lowest BCUT2D eigenvalue weighted by atomic mass is 10.1. The van der Waals surface area contributed by atoms with E-state index in [1.807, 2.05) is 0 Å². The largest absolute Gasteiger partial charge is 0.476 e. The number of rotatable bonds is 5. The van der Waals surface area contributed by atoms with E-state index in [9.17, 15) is 14.4 Å². The van der Waals surface area contributed by atoms with Crippen LogP contribution in [0.5, 0.6) is 0 Å². The number of carboxylic acids is 1. The van der Waals surface area contributed by atoms with E-state index >= 15 is 0 Å². The zero-order chi connectivity index (χ0) is 15.4. The molecule has 2 heterocycles. The fourth-order valence-corrected chi connectivity index (χ4v) is 1.86. The molecular weight excluding hydrogens is 280 g/mol. The summed E-state index contributed by atoms with van der Waals surface area (Å²) < 4.78 is 1.45. The lowest BCUT2D eigenvalue weighted by Crippen LogP contribution is -2.55. The van der Waals surface area contributed by atoms with Gasteiger partial charge in [0.1, 0.15) is 0 Å². The summed E-state index contributed by atoms with van der Waals surface area (Å²) in [4.78, 5) is 34.6. The Bertz CT molecular complexity index is 551. The van der Waals surface area contributed by atoms with E-state index in [1.165, 1.54) is 17.8 Å². The van der Waals surface area contributed by atoms with Crippen molar-refractivity contribution in [1.82, 2.24) is 30.5 Å². The molecule has 0 spiro atoms. The monoisotopic (exact) mass is 296 g/mol. The number of hydrogen-bond acceptors (Lipinski definition) is 5. The number of aromatic nitrogens is 3. The minimum atomic E-state index is -1.13. The zero-order valence-electron chi connectivity index (χ0n) is 11.4. The molecule has 21 heavy (non-hydrogen) atoms. The Kier molecular flexibility index (Phi) is 4.36. The van der Waals surface area contributed by atoms with Gasteiger partial charge in [0.25, 0.3) is 0 Å². The van der Waals surface area contributed by atoms with Gasteiger partial charge in [-0.05, 0) is 0 Å².